The molecule has 0 aliphatic heterocycles. The molecule has 1 atom stereocenters. The summed E-state index contributed by atoms with van der Waals surface area (Å²) in [7, 11) is 1.61. The first-order valence-corrected chi connectivity index (χ1v) is 8.65. The van der Waals surface area contributed by atoms with Crippen LogP contribution in [0.1, 0.15) is 70.3 Å². The summed E-state index contributed by atoms with van der Waals surface area (Å²) in [4.78, 5) is 12.1. The molecule has 4 nitrogen and oxygen atoms in total. The van der Waals surface area contributed by atoms with Crippen molar-refractivity contribution < 1.29 is 9.53 Å². The van der Waals surface area contributed by atoms with Gasteiger partial charge in [-0.25, -0.2) is 0 Å². The zero-order valence-corrected chi connectivity index (χ0v) is 15.1. The van der Waals surface area contributed by atoms with E-state index < -0.39 is 0 Å². The van der Waals surface area contributed by atoms with Crippen LogP contribution in [0.15, 0.2) is 18.2 Å². The van der Waals surface area contributed by atoms with Gasteiger partial charge in [0.25, 0.3) is 0 Å². The van der Waals surface area contributed by atoms with Gasteiger partial charge in [0, 0.05) is 17.4 Å². The molecule has 23 heavy (non-hydrogen) atoms. The minimum absolute atomic E-state index is 0.00333. The maximum absolute atomic E-state index is 12.1. The zero-order valence-electron chi connectivity index (χ0n) is 15.1. The number of nitrogens with zero attached hydrogens (tertiary/aromatic N) is 1. The number of H-pyrrole nitrogens is 1. The maximum atomic E-state index is 12.1. The predicted octanol–water partition coefficient (Wildman–Crippen LogP) is 5.39. The number of ether oxygens (including phenoxy) is 1. The van der Waals surface area contributed by atoms with Gasteiger partial charge in [0.1, 0.15) is 11.4 Å². The lowest BCUT2D eigenvalue weighted by Gasteiger charge is -2.04. The second-order valence-corrected chi connectivity index (χ2v) is 5.86. The molecule has 0 radical (unpaired) electrons. The van der Waals surface area contributed by atoms with Crippen LogP contribution in [0.2, 0.25) is 0 Å². The van der Waals surface area contributed by atoms with Crippen molar-refractivity contribution in [2.45, 2.75) is 59.8 Å². The number of ketones is 1. The first-order valence-electron chi connectivity index (χ1n) is 8.65. The third kappa shape index (κ3) is 5.38. The number of carbonyl (C=O) groups is 1. The van der Waals surface area contributed by atoms with Crippen molar-refractivity contribution in [3.8, 4) is 5.75 Å². The number of rotatable bonds is 7. The first-order chi connectivity index (χ1) is 11.1. The Labute approximate surface area is 139 Å². The Morgan fingerprint density at radius 1 is 1.22 bits per heavy atom. The molecule has 0 saturated heterocycles. The Kier molecular flexibility index (Phi) is 8.38. The highest BCUT2D eigenvalue weighted by Crippen LogP contribution is 2.23. The molecule has 4 heteroatoms. The molecule has 1 unspecified atom stereocenters. The Morgan fingerprint density at radius 3 is 2.39 bits per heavy atom. The van der Waals surface area contributed by atoms with Crippen molar-refractivity contribution in [2.24, 2.45) is 5.92 Å². The first kappa shape index (κ1) is 19.2. The molecule has 128 valence electrons. The molecule has 1 aromatic carbocycles. The van der Waals surface area contributed by atoms with Gasteiger partial charge in [-0.2, -0.15) is 5.10 Å². The van der Waals surface area contributed by atoms with Gasteiger partial charge in [-0.3, -0.25) is 9.89 Å². The van der Waals surface area contributed by atoms with E-state index in [0.717, 1.165) is 23.1 Å². The summed E-state index contributed by atoms with van der Waals surface area (Å²) >= 11 is 0. The molecule has 1 N–H and O–H groups in total. The molecule has 0 bridgehead atoms. The van der Waals surface area contributed by atoms with E-state index in [1.807, 2.05) is 32.0 Å². The highest BCUT2D eigenvalue weighted by molar-refractivity contribution is 6.06. The number of aromatic nitrogens is 2. The Morgan fingerprint density at radius 2 is 1.87 bits per heavy atom. The van der Waals surface area contributed by atoms with Gasteiger partial charge < -0.3 is 4.74 Å². The average molecular weight is 318 g/mol. The predicted molar refractivity (Wildman–Crippen MR) is 96.2 cm³/mol. The van der Waals surface area contributed by atoms with Gasteiger partial charge >= 0.3 is 0 Å². The molecular formula is C19H30N2O2. The van der Waals surface area contributed by atoms with Crippen LogP contribution in [-0.2, 0) is 0 Å². The van der Waals surface area contributed by atoms with Crippen LogP contribution >= 0.6 is 0 Å². The average Bonchev–Trinajstić information content (AvgIpc) is 3.01. The van der Waals surface area contributed by atoms with E-state index >= 15 is 0 Å². The molecule has 0 saturated carbocycles. The fourth-order valence-electron chi connectivity index (χ4n) is 2.23. The van der Waals surface area contributed by atoms with Crippen molar-refractivity contribution >= 4 is 16.7 Å². The third-order valence-corrected chi connectivity index (χ3v) is 4.02. The lowest BCUT2D eigenvalue weighted by molar-refractivity contribution is 0.0924. The highest BCUT2D eigenvalue weighted by Gasteiger charge is 2.19. The van der Waals surface area contributed by atoms with Gasteiger partial charge in [-0.05, 0) is 18.6 Å². The molecule has 1 aromatic heterocycles. The Hall–Kier alpha value is -1.84. The summed E-state index contributed by atoms with van der Waals surface area (Å²) < 4.78 is 5.13. The van der Waals surface area contributed by atoms with Crippen LogP contribution < -0.4 is 4.74 Å². The van der Waals surface area contributed by atoms with Crippen LogP contribution in [0, 0.1) is 5.92 Å². The summed E-state index contributed by atoms with van der Waals surface area (Å²) in [6, 6.07) is 5.55. The highest BCUT2D eigenvalue weighted by atomic mass is 16.5. The largest absolute Gasteiger partial charge is 0.497 e. The number of carbonyl (C=O) groups excluding carboxylic acids is 1. The van der Waals surface area contributed by atoms with Crippen molar-refractivity contribution in [2.75, 3.05) is 7.11 Å². The van der Waals surface area contributed by atoms with E-state index in [9.17, 15) is 4.79 Å². The van der Waals surface area contributed by atoms with E-state index in [0.29, 0.717) is 5.69 Å². The summed E-state index contributed by atoms with van der Waals surface area (Å²) in [6.45, 7) is 8.39. The van der Waals surface area contributed by atoms with Crippen LogP contribution in [0.4, 0.5) is 0 Å². The monoisotopic (exact) mass is 318 g/mol. The molecule has 0 spiro atoms. The van der Waals surface area contributed by atoms with Gasteiger partial charge in [0.15, 0.2) is 5.78 Å². The zero-order chi connectivity index (χ0) is 17.2. The smallest absolute Gasteiger partial charge is 0.186 e. The topological polar surface area (TPSA) is 55.0 Å². The minimum Gasteiger partial charge on any atom is -0.497 e. The normalized spacial score (nSPS) is 11.7. The van der Waals surface area contributed by atoms with E-state index in [1.54, 1.807) is 7.11 Å². The van der Waals surface area contributed by atoms with Crippen LogP contribution in [0.5, 0.6) is 5.75 Å². The lowest BCUT2D eigenvalue weighted by atomic mass is 9.99. The Bertz CT molecular complexity index is 600. The van der Waals surface area contributed by atoms with Crippen LogP contribution in [-0.4, -0.2) is 23.1 Å². The van der Waals surface area contributed by atoms with Gasteiger partial charge in [0.2, 0.25) is 0 Å². The van der Waals surface area contributed by atoms with Gasteiger partial charge in [-0.15, -0.1) is 0 Å². The third-order valence-electron chi connectivity index (χ3n) is 4.02. The number of unbranched alkanes of at least 4 members (excludes halogenated alkanes) is 3. The van der Waals surface area contributed by atoms with Crippen molar-refractivity contribution in [3.05, 3.63) is 23.9 Å². The van der Waals surface area contributed by atoms with Crippen molar-refractivity contribution in [3.63, 3.8) is 0 Å². The SMILES string of the molecule is CCC(C)C(=O)c1n[nH]c2cc(OC)ccc12.CCCCCC. The lowest BCUT2D eigenvalue weighted by Crippen LogP contribution is -2.10. The van der Waals surface area contributed by atoms with Gasteiger partial charge in [0.05, 0.1) is 12.6 Å². The molecule has 0 fully saturated rings. The number of benzene rings is 1. The minimum atomic E-state index is 0.00333. The van der Waals surface area contributed by atoms with Crippen LogP contribution in [0.25, 0.3) is 10.9 Å². The van der Waals surface area contributed by atoms with Gasteiger partial charge in [-0.1, -0.05) is 53.4 Å². The number of fused-ring (bicyclic) bond motifs is 1. The standard InChI is InChI=1S/C13H16N2O2.C6H14/c1-4-8(2)13(16)12-10-6-5-9(17-3)7-11(10)14-15-12;1-3-5-6-4-2/h5-8H,4H2,1-3H3,(H,14,15);3-6H2,1-2H3. The van der Waals surface area contributed by atoms with Crippen molar-refractivity contribution in [1.29, 1.82) is 0 Å². The van der Waals surface area contributed by atoms with Crippen molar-refractivity contribution in [1.82, 2.24) is 10.2 Å². The number of methoxy groups -OCH3 is 1. The second kappa shape index (κ2) is 10.0. The number of Topliss-reactive ketones (excluding diaryl/α,β-unsaturated/α-hetero) is 1. The number of hydrogen-bond donors (Lipinski definition) is 1. The summed E-state index contributed by atoms with van der Waals surface area (Å²) in [6.07, 6.45) is 6.36. The summed E-state index contributed by atoms with van der Waals surface area (Å²) in [5.74, 6) is 0.844. The van der Waals surface area contributed by atoms with E-state index in [2.05, 4.69) is 24.0 Å². The fraction of sp³-hybridized carbons (Fsp3) is 0.579. The molecule has 1 heterocycles. The molecular weight excluding hydrogens is 288 g/mol. The second-order valence-electron chi connectivity index (χ2n) is 5.86. The van der Waals surface area contributed by atoms with E-state index in [-0.39, 0.29) is 11.7 Å². The molecule has 2 aromatic rings. The summed E-state index contributed by atoms with van der Waals surface area (Å²) in [5.41, 5.74) is 1.35. The van der Waals surface area contributed by atoms with E-state index in [1.165, 1.54) is 25.7 Å². The number of aromatic amines is 1. The fourth-order valence-corrected chi connectivity index (χ4v) is 2.23. The van der Waals surface area contributed by atoms with Crippen LogP contribution in [0.3, 0.4) is 0 Å². The molecule has 2 rings (SSSR count). The molecule has 0 aliphatic rings. The maximum Gasteiger partial charge on any atom is 0.186 e. The number of nitrogens with one attached hydrogen (secondary N) is 1. The Balaban J connectivity index is 0.000000379. The summed E-state index contributed by atoms with van der Waals surface area (Å²) in [5, 5.41) is 7.84. The molecule has 0 aliphatic carbocycles. The quantitative estimate of drug-likeness (QED) is 0.550. The van der Waals surface area contributed by atoms with E-state index in [4.69, 9.17) is 4.74 Å². The molecule has 0 amide bonds. The number of hydrogen-bond acceptors (Lipinski definition) is 3.